The molecule has 0 unspecified atom stereocenters. The third kappa shape index (κ3) is 5.23. The number of carbonyl (C=O) groups is 2. The van der Waals surface area contributed by atoms with Crippen molar-refractivity contribution in [2.24, 2.45) is 0 Å². The number of hydrogen-bond donors (Lipinski definition) is 0. The maximum absolute atomic E-state index is 12.2. The highest BCUT2D eigenvalue weighted by molar-refractivity contribution is 5.95. The van der Waals surface area contributed by atoms with Crippen LogP contribution in [0.15, 0.2) is 54.6 Å². The van der Waals surface area contributed by atoms with E-state index in [0.717, 1.165) is 24.4 Å². The van der Waals surface area contributed by atoms with Gasteiger partial charge in [-0.3, -0.25) is 9.59 Å². The maximum atomic E-state index is 12.2. The van der Waals surface area contributed by atoms with Crippen molar-refractivity contribution >= 4 is 17.5 Å². The predicted molar refractivity (Wildman–Crippen MR) is 103 cm³/mol. The van der Waals surface area contributed by atoms with Crippen LogP contribution in [0, 0.1) is 0 Å². The van der Waals surface area contributed by atoms with Crippen molar-refractivity contribution in [1.82, 2.24) is 4.90 Å². The van der Waals surface area contributed by atoms with E-state index in [1.165, 1.54) is 0 Å². The van der Waals surface area contributed by atoms with Crippen LogP contribution in [0.4, 0.5) is 5.69 Å². The van der Waals surface area contributed by atoms with Gasteiger partial charge in [0, 0.05) is 31.8 Å². The molecule has 1 fully saturated rings. The molecule has 0 N–H and O–H groups in total. The minimum Gasteiger partial charge on any atom is -0.492 e. The van der Waals surface area contributed by atoms with Gasteiger partial charge in [0.25, 0.3) is 5.91 Å². The summed E-state index contributed by atoms with van der Waals surface area (Å²) in [6.45, 7) is 1.56. The first-order valence-electron chi connectivity index (χ1n) is 9.08. The van der Waals surface area contributed by atoms with Gasteiger partial charge in [-0.05, 0) is 30.7 Å². The summed E-state index contributed by atoms with van der Waals surface area (Å²) in [6.07, 6.45) is 1.46. The van der Waals surface area contributed by atoms with Crippen LogP contribution in [0.3, 0.4) is 0 Å². The number of likely N-dealkylation sites (N-methyl/N-ethyl adjacent to an activating group) is 1. The summed E-state index contributed by atoms with van der Waals surface area (Å²) < 4.78 is 11.2. The zero-order valence-electron chi connectivity index (χ0n) is 15.5. The molecule has 1 aliphatic heterocycles. The van der Waals surface area contributed by atoms with E-state index in [-0.39, 0.29) is 18.4 Å². The standard InChI is InChI=1S/C21H24N2O4/c1-22(13-14-26-18-8-3-2-4-9-18)21(25)16-27-19-10-5-7-17(15-19)23-12-6-11-20(23)24/h2-5,7-10,15H,6,11-14,16H2,1H3. The molecule has 1 heterocycles. The lowest BCUT2D eigenvalue weighted by atomic mass is 10.3. The molecule has 1 saturated heterocycles. The minimum absolute atomic E-state index is 0.0563. The van der Waals surface area contributed by atoms with Crippen LogP contribution in [0.2, 0.25) is 0 Å². The molecule has 3 rings (SSSR count). The van der Waals surface area contributed by atoms with Gasteiger partial charge in [-0.2, -0.15) is 0 Å². The highest BCUT2D eigenvalue weighted by Gasteiger charge is 2.22. The third-order valence-corrected chi connectivity index (χ3v) is 4.43. The zero-order chi connectivity index (χ0) is 19.1. The van der Waals surface area contributed by atoms with Crippen molar-refractivity contribution < 1.29 is 19.1 Å². The molecule has 0 spiro atoms. The maximum Gasteiger partial charge on any atom is 0.260 e. The molecule has 2 aromatic rings. The first-order valence-corrected chi connectivity index (χ1v) is 9.08. The fraction of sp³-hybridized carbons (Fsp3) is 0.333. The summed E-state index contributed by atoms with van der Waals surface area (Å²) in [5.74, 6) is 1.35. The Hall–Kier alpha value is -3.02. The molecule has 2 aromatic carbocycles. The Kier molecular flexibility index (Phi) is 6.30. The smallest absolute Gasteiger partial charge is 0.260 e. The molecule has 142 valence electrons. The molecule has 6 nitrogen and oxygen atoms in total. The Morgan fingerprint density at radius 3 is 2.59 bits per heavy atom. The molecule has 1 aliphatic rings. The number of amides is 2. The molecular formula is C21H24N2O4. The lowest BCUT2D eigenvalue weighted by molar-refractivity contribution is -0.132. The van der Waals surface area contributed by atoms with E-state index in [2.05, 4.69) is 0 Å². The average molecular weight is 368 g/mol. The molecule has 6 heteroatoms. The Labute approximate surface area is 159 Å². The summed E-state index contributed by atoms with van der Waals surface area (Å²) in [4.78, 5) is 27.4. The van der Waals surface area contributed by atoms with Gasteiger partial charge < -0.3 is 19.3 Å². The Balaban J connectivity index is 1.45. The molecular weight excluding hydrogens is 344 g/mol. The van der Waals surface area contributed by atoms with Crippen molar-refractivity contribution in [3.63, 3.8) is 0 Å². The first kappa shape index (κ1) is 18.8. The number of ether oxygens (including phenoxy) is 2. The first-order chi connectivity index (χ1) is 13.1. The second-order valence-corrected chi connectivity index (χ2v) is 6.41. The molecule has 0 radical (unpaired) electrons. The average Bonchev–Trinajstić information content (AvgIpc) is 3.13. The van der Waals surface area contributed by atoms with E-state index in [1.807, 2.05) is 42.5 Å². The van der Waals surface area contributed by atoms with E-state index in [1.54, 1.807) is 29.0 Å². The van der Waals surface area contributed by atoms with Crippen molar-refractivity contribution in [1.29, 1.82) is 0 Å². The number of nitrogens with zero attached hydrogens (tertiary/aromatic N) is 2. The molecule has 27 heavy (non-hydrogen) atoms. The Morgan fingerprint density at radius 1 is 1.07 bits per heavy atom. The highest BCUT2D eigenvalue weighted by Crippen LogP contribution is 2.25. The topological polar surface area (TPSA) is 59.1 Å². The van der Waals surface area contributed by atoms with Crippen LogP contribution >= 0.6 is 0 Å². The molecule has 0 atom stereocenters. The lowest BCUT2D eigenvalue weighted by Gasteiger charge is -2.19. The van der Waals surface area contributed by atoms with Crippen molar-refractivity contribution in [2.45, 2.75) is 12.8 Å². The number of hydrogen-bond acceptors (Lipinski definition) is 4. The van der Waals surface area contributed by atoms with Gasteiger partial charge >= 0.3 is 0 Å². The fourth-order valence-electron chi connectivity index (χ4n) is 2.86. The predicted octanol–water partition coefficient (Wildman–Crippen LogP) is 2.73. The van der Waals surface area contributed by atoms with E-state index in [9.17, 15) is 9.59 Å². The number of anilines is 1. The highest BCUT2D eigenvalue weighted by atomic mass is 16.5. The van der Waals surface area contributed by atoms with Crippen molar-refractivity contribution in [3.8, 4) is 11.5 Å². The molecule has 0 bridgehead atoms. The van der Waals surface area contributed by atoms with Gasteiger partial charge in [0.1, 0.15) is 18.1 Å². The van der Waals surface area contributed by atoms with Crippen molar-refractivity contribution in [2.75, 3.05) is 38.3 Å². The van der Waals surface area contributed by atoms with Crippen LogP contribution < -0.4 is 14.4 Å². The Bertz CT molecular complexity index is 779. The second kappa shape index (κ2) is 9.07. The van der Waals surface area contributed by atoms with E-state index in [0.29, 0.717) is 25.3 Å². The van der Waals surface area contributed by atoms with Crippen LogP contribution in [0.5, 0.6) is 11.5 Å². The number of carbonyl (C=O) groups excluding carboxylic acids is 2. The lowest BCUT2D eigenvalue weighted by Crippen LogP contribution is -2.34. The summed E-state index contributed by atoms with van der Waals surface area (Å²) in [5.41, 5.74) is 0.812. The summed E-state index contributed by atoms with van der Waals surface area (Å²) in [5, 5.41) is 0. The van der Waals surface area contributed by atoms with E-state index >= 15 is 0 Å². The van der Waals surface area contributed by atoms with Crippen LogP contribution in [0.25, 0.3) is 0 Å². The second-order valence-electron chi connectivity index (χ2n) is 6.41. The van der Waals surface area contributed by atoms with Gasteiger partial charge in [-0.15, -0.1) is 0 Å². The van der Waals surface area contributed by atoms with Gasteiger partial charge in [-0.25, -0.2) is 0 Å². The number of benzene rings is 2. The Morgan fingerprint density at radius 2 is 1.85 bits per heavy atom. The normalized spacial score (nSPS) is 13.5. The minimum atomic E-state index is -0.130. The van der Waals surface area contributed by atoms with Gasteiger partial charge in [0.15, 0.2) is 6.61 Å². The fourth-order valence-corrected chi connectivity index (χ4v) is 2.86. The molecule has 0 saturated carbocycles. The largest absolute Gasteiger partial charge is 0.492 e. The van der Waals surface area contributed by atoms with E-state index in [4.69, 9.17) is 9.47 Å². The van der Waals surface area contributed by atoms with E-state index < -0.39 is 0 Å². The van der Waals surface area contributed by atoms with Crippen LogP contribution in [-0.2, 0) is 9.59 Å². The molecule has 0 aliphatic carbocycles. The monoisotopic (exact) mass is 368 g/mol. The van der Waals surface area contributed by atoms with Gasteiger partial charge in [0.2, 0.25) is 5.91 Å². The SMILES string of the molecule is CN(CCOc1ccccc1)C(=O)COc1cccc(N2CCCC2=O)c1. The quantitative estimate of drug-likeness (QED) is 0.719. The zero-order valence-corrected chi connectivity index (χ0v) is 15.5. The third-order valence-electron chi connectivity index (χ3n) is 4.43. The molecule has 0 aromatic heterocycles. The summed E-state index contributed by atoms with van der Waals surface area (Å²) >= 11 is 0. The van der Waals surface area contributed by atoms with Gasteiger partial charge in [-0.1, -0.05) is 24.3 Å². The van der Waals surface area contributed by atoms with Crippen molar-refractivity contribution in [3.05, 3.63) is 54.6 Å². The summed E-state index contributed by atoms with van der Waals surface area (Å²) in [7, 11) is 1.72. The van der Waals surface area contributed by atoms with Crippen LogP contribution in [-0.4, -0.2) is 50.1 Å². The molecule has 2 amide bonds. The van der Waals surface area contributed by atoms with Gasteiger partial charge in [0.05, 0.1) is 6.54 Å². The summed E-state index contributed by atoms with van der Waals surface area (Å²) in [6, 6.07) is 16.8. The number of para-hydroxylation sites is 1. The van der Waals surface area contributed by atoms with Crippen LogP contribution in [0.1, 0.15) is 12.8 Å². The number of rotatable bonds is 8.